The lowest BCUT2D eigenvalue weighted by Gasteiger charge is -2.20. The van der Waals surface area contributed by atoms with Crippen molar-refractivity contribution in [3.63, 3.8) is 0 Å². The average molecular weight is 408 g/mol. The number of thiazole rings is 1. The molecule has 2 heterocycles. The Kier molecular flexibility index (Phi) is 5.11. The van der Waals surface area contributed by atoms with E-state index < -0.39 is 0 Å². The van der Waals surface area contributed by atoms with E-state index in [0.29, 0.717) is 22.3 Å². The number of anilines is 1. The molecule has 0 fully saturated rings. The maximum Gasteiger partial charge on any atom is 0.260 e. The smallest absolute Gasteiger partial charge is 0.260 e. The molecule has 0 saturated carbocycles. The van der Waals surface area contributed by atoms with Crippen LogP contribution in [0.1, 0.15) is 27.0 Å². The van der Waals surface area contributed by atoms with Crippen LogP contribution in [0, 0.1) is 13.8 Å². The monoisotopic (exact) mass is 407 g/mol. The minimum absolute atomic E-state index is 0.0803. The van der Waals surface area contributed by atoms with Crippen LogP contribution in [0.5, 0.6) is 0 Å². The first-order chi connectivity index (χ1) is 13.5. The second kappa shape index (κ2) is 7.70. The SMILES string of the molecule is Cc1cccc(C(=O)N(Cc2ccncc2)c2nc3c(C)cc(Cl)cc3s2)c1. The zero-order chi connectivity index (χ0) is 19.7. The molecule has 0 aliphatic rings. The molecule has 0 aliphatic carbocycles. The largest absolute Gasteiger partial charge is 0.279 e. The molecule has 28 heavy (non-hydrogen) atoms. The molecule has 0 unspecified atom stereocenters. The van der Waals surface area contributed by atoms with E-state index in [2.05, 4.69) is 4.98 Å². The number of carbonyl (C=O) groups is 1. The Morgan fingerprint density at radius 3 is 2.64 bits per heavy atom. The van der Waals surface area contributed by atoms with Crippen molar-refractivity contribution >= 4 is 44.2 Å². The van der Waals surface area contributed by atoms with Gasteiger partial charge in [0.15, 0.2) is 5.13 Å². The number of hydrogen-bond acceptors (Lipinski definition) is 4. The fraction of sp³-hybridized carbons (Fsp3) is 0.136. The van der Waals surface area contributed by atoms with Gasteiger partial charge in [-0.15, -0.1) is 0 Å². The van der Waals surface area contributed by atoms with Crippen LogP contribution in [0.3, 0.4) is 0 Å². The van der Waals surface area contributed by atoms with Gasteiger partial charge in [-0.3, -0.25) is 14.7 Å². The van der Waals surface area contributed by atoms with Crippen molar-refractivity contribution in [3.05, 3.63) is 88.2 Å². The van der Waals surface area contributed by atoms with Gasteiger partial charge in [-0.05, 0) is 61.4 Å². The third kappa shape index (κ3) is 3.77. The number of rotatable bonds is 4. The van der Waals surface area contributed by atoms with E-state index in [1.807, 2.05) is 62.4 Å². The first-order valence-electron chi connectivity index (χ1n) is 8.85. The summed E-state index contributed by atoms with van der Waals surface area (Å²) in [5.41, 5.74) is 4.55. The van der Waals surface area contributed by atoms with Crippen molar-refractivity contribution in [2.75, 3.05) is 4.90 Å². The van der Waals surface area contributed by atoms with Crippen LogP contribution in [0.4, 0.5) is 5.13 Å². The minimum Gasteiger partial charge on any atom is -0.279 e. The summed E-state index contributed by atoms with van der Waals surface area (Å²) in [5.74, 6) is -0.0803. The van der Waals surface area contributed by atoms with Gasteiger partial charge in [0.2, 0.25) is 0 Å². The molecule has 4 rings (SSSR count). The first kappa shape index (κ1) is 18.6. The molecular formula is C22H18ClN3OS. The lowest BCUT2D eigenvalue weighted by Crippen LogP contribution is -2.30. The number of halogens is 1. The lowest BCUT2D eigenvalue weighted by atomic mass is 10.1. The second-order valence-corrected chi connectivity index (χ2v) is 8.13. The Morgan fingerprint density at radius 2 is 1.89 bits per heavy atom. The zero-order valence-electron chi connectivity index (χ0n) is 15.5. The van der Waals surface area contributed by atoms with Gasteiger partial charge in [-0.2, -0.15) is 0 Å². The van der Waals surface area contributed by atoms with E-state index in [1.165, 1.54) is 11.3 Å². The number of benzene rings is 2. The van der Waals surface area contributed by atoms with Crippen LogP contribution in [0.25, 0.3) is 10.2 Å². The van der Waals surface area contributed by atoms with Crippen LogP contribution in [-0.4, -0.2) is 15.9 Å². The van der Waals surface area contributed by atoms with E-state index >= 15 is 0 Å². The van der Waals surface area contributed by atoms with Gasteiger partial charge < -0.3 is 0 Å². The highest BCUT2D eigenvalue weighted by Gasteiger charge is 2.22. The zero-order valence-corrected chi connectivity index (χ0v) is 17.1. The summed E-state index contributed by atoms with van der Waals surface area (Å²) in [7, 11) is 0. The number of amides is 1. The second-order valence-electron chi connectivity index (χ2n) is 6.68. The number of nitrogens with zero attached hydrogens (tertiary/aromatic N) is 3. The molecule has 0 atom stereocenters. The van der Waals surface area contributed by atoms with Crippen LogP contribution in [0.2, 0.25) is 5.02 Å². The molecule has 0 spiro atoms. The normalized spacial score (nSPS) is 11.0. The number of hydrogen-bond donors (Lipinski definition) is 0. The van der Waals surface area contributed by atoms with Crippen LogP contribution >= 0.6 is 22.9 Å². The van der Waals surface area contributed by atoms with E-state index in [4.69, 9.17) is 16.6 Å². The third-order valence-corrected chi connectivity index (χ3v) is 5.71. The van der Waals surface area contributed by atoms with Crippen molar-refractivity contribution in [1.82, 2.24) is 9.97 Å². The van der Waals surface area contributed by atoms with E-state index in [1.54, 1.807) is 17.3 Å². The Hall–Kier alpha value is -2.76. The molecule has 0 N–H and O–H groups in total. The Labute approximate surface area is 172 Å². The first-order valence-corrected chi connectivity index (χ1v) is 10.0. The molecule has 4 aromatic rings. The van der Waals surface area contributed by atoms with Crippen molar-refractivity contribution < 1.29 is 4.79 Å². The Morgan fingerprint density at radius 1 is 1.11 bits per heavy atom. The summed E-state index contributed by atoms with van der Waals surface area (Å²) in [6.45, 7) is 4.38. The molecule has 140 valence electrons. The van der Waals surface area contributed by atoms with Crippen molar-refractivity contribution in [1.29, 1.82) is 0 Å². The predicted molar refractivity (Wildman–Crippen MR) is 115 cm³/mol. The predicted octanol–water partition coefficient (Wildman–Crippen LogP) is 5.81. The number of fused-ring (bicyclic) bond motifs is 1. The number of aromatic nitrogens is 2. The van der Waals surface area contributed by atoms with E-state index in [9.17, 15) is 4.79 Å². The molecule has 4 nitrogen and oxygen atoms in total. The average Bonchev–Trinajstić information content (AvgIpc) is 3.10. The maximum absolute atomic E-state index is 13.4. The van der Waals surface area contributed by atoms with Gasteiger partial charge in [0.05, 0.1) is 16.8 Å². The molecule has 0 radical (unpaired) electrons. The molecular weight excluding hydrogens is 390 g/mol. The lowest BCUT2D eigenvalue weighted by molar-refractivity contribution is 0.0985. The fourth-order valence-corrected chi connectivity index (χ4v) is 4.51. The number of aryl methyl sites for hydroxylation is 2. The highest BCUT2D eigenvalue weighted by atomic mass is 35.5. The summed E-state index contributed by atoms with van der Waals surface area (Å²) >= 11 is 7.68. The standard InChI is InChI=1S/C22H18ClN3OS/c1-14-4-3-5-17(10-14)21(27)26(13-16-6-8-24-9-7-16)22-25-20-15(2)11-18(23)12-19(20)28-22/h3-12H,13H2,1-2H3. The van der Waals surface area contributed by atoms with Crippen molar-refractivity contribution in [3.8, 4) is 0 Å². The van der Waals surface area contributed by atoms with Gasteiger partial charge in [-0.1, -0.05) is 40.6 Å². The topological polar surface area (TPSA) is 46.1 Å². The van der Waals surface area contributed by atoms with Gasteiger partial charge in [-0.25, -0.2) is 4.98 Å². The van der Waals surface area contributed by atoms with E-state index in [0.717, 1.165) is 26.9 Å². The molecule has 2 aromatic carbocycles. The Balaban J connectivity index is 1.80. The number of carbonyl (C=O) groups excluding carboxylic acids is 1. The molecule has 0 saturated heterocycles. The molecule has 1 amide bonds. The summed E-state index contributed by atoms with van der Waals surface area (Å²) in [6.07, 6.45) is 3.46. The highest BCUT2D eigenvalue weighted by molar-refractivity contribution is 7.22. The summed E-state index contributed by atoms with van der Waals surface area (Å²) in [5, 5.41) is 1.33. The molecule has 6 heteroatoms. The van der Waals surface area contributed by atoms with Gasteiger partial charge >= 0.3 is 0 Å². The molecule has 0 aliphatic heterocycles. The van der Waals surface area contributed by atoms with E-state index in [-0.39, 0.29) is 5.91 Å². The van der Waals surface area contributed by atoms with Gasteiger partial charge in [0, 0.05) is 23.0 Å². The molecule has 2 aromatic heterocycles. The highest BCUT2D eigenvalue weighted by Crippen LogP contribution is 2.34. The van der Waals surface area contributed by atoms with Crippen molar-refractivity contribution in [2.24, 2.45) is 0 Å². The number of pyridine rings is 1. The van der Waals surface area contributed by atoms with Gasteiger partial charge in [0.25, 0.3) is 5.91 Å². The van der Waals surface area contributed by atoms with Crippen LogP contribution in [-0.2, 0) is 6.54 Å². The summed E-state index contributed by atoms with van der Waals surface area (Å²) in [6, 6.07) is 15.2. The Bertz CT molecular complexity index is 1160. The minimum atomic E-state index is -0.0803. The summed E-state index contributed by atoms with van der Waals surface area (Å²) in [4.78, 5) is 23.9. The maximum atomic E-state index is 13.4. The molecule has 0 bridgehead atoms. The van der Waals surface area contributed by atoms with Crippen LogP contribution in [0.15, 0.2) is 60.9 Å². The quantitative estimate of drug-likeness (QED) is 0.429. The third-order valence-electron chi connectivity index (χ3n) is 4.47. The summed E-state index contributed by atoms with van der Waals surface area (Å²) < 4.78 is 0.969. The van der Waals surface area contributed by atoms with Crippen molar-refractivity contribution in [2.45, 2.75) is 20.4 Å². The fourth-order valence-electron chi connectivity index (χ4n) is 3.09. The van der Waals surface area contributed by atoms with Gasteiger partial charge in [0.1, 0.15) is 0 Å². The van der Waals surface area contributed by atoms with Crippen LogP contribution < -0.4 is 4.90 Å².